The molecule has 1 N–H and O–H groups in total. The topological polar surface area (TPSA) is 65.4 Å². The first-order chi connectivity index (χ1) is 11.2. The molecule has 2 aromatic heterocycles. The van der Waals surface area contributed by atoms with Crippen LogP contribution in [0.5, 0.6) is 0 Å². The molecule has 3 rings (SSSR count). The maximum atomic E-state index is 12.7. The molecule has 3 heterocycles. The number of amides is 1. The SMILES string of the molecule is CN(CCc1cn[nH]c1)C(=O)C1CCCN(Cc2ccco2)C1. The van der Waals surface area contributed by atoms with Crippen molar-refractivity contribution < 1.29 is 9.21 Å². The minimum Gasteiger partial charge on any atom is -0.468 e. The number of hydrogen-bond acceptors (Lipinski definition) is 4. The van der Waals surface area contributed by atoms with Crippen molar-refractivity contribution in [2.75, 3.05) is 26.7 Å². The molecule has 1 fully saturated rings. The Morgan fingerprint density at radius 1 is 1.57 bits per heavy atom. The number of piperidine rings is 1. The molecule has 1 aliphatic heterocycles. The van der Waals surface area contributed by atoms with Gasteiger partial charge in [0.05, 0.1) is 24.9 Å². The number of likely N-dealkylation sites (N-methyl/N-ethyl adjacent to an activating group) is 1. The summed E-state index contributed by atoms with van der Waals surface area (Å²) in [5.41, 5.74) is 1.13. The molecule has 124 valence electrons. The van der Waals surface area contributed by atoms with Crippen molar-refractivity contribution >= 4 is 5.91 Å². The van der Waals surface area contributed by atoms with Gasteiger partial charge in [-0.25, -0.2) is 0 Å². The second kappa shape index (κ2) is 7.46. The van der Waals surface area contributed by atoms with Crippen molar-refractivity contribution in [2.45, 2.75) is 25.8 Å². The molecule has 1 atom stereocenters. The Bertz CT molecular complexity index is 594. The molecule has 23 heavy (non-hydrogen) atoms. The molecule has 0 saturated carbocycles. The van der Waals surface area contributed by atoms with Gasteiger partial charge in [0.25, 0.3) is 0 Å². The Kier molecular flexibility index (Phi) is 5.12. The van der Waals surface area contributed by atoms with E-state index in [1.165, 1.54) is 0 Å². The molecule has 6 nitrogen and oxygen atoms in total. The fraction of sp³-hybridized carbons (Fsp3) is 0.529. The highest BCUT2D eigenvalue weighted by Crippen LogP contribution is 2.20. The first kappa shape index (κ1) is 15.8. The first-order valence-corrected chi connectivity index (χ1v) is 8.20. The van der Waals surface area contributed by atoms with Gasteiger partial charge in [-0.3, -0.25) is 14.8 Å². The highest BCUT2D eigenvalue weighted by molar-refractivity contribution is 5.78. The molecule has 0 spiro atoms. The zero-order valence-electron chi connectivity index (χ0n) is 13.6. The number of carbonyl (C=O) groups is 1. The van der Waals surface area contributed by atoms with Crippen molar-refractivity contribution in [3.05, 3.63) is 42.1 Å². The van der Waals surface area contributed by atoms with Gasteiger partial charge >= 0.3 is 0 Å². The highest BCUT2D eigenvalue weighted by atomic mass is 16.3. The Labute approximate surface area is 136 Å². The predicted octanol–water partition coefficient (Wildman–Crippen LogP) is 1.92. The summed E-state index contributed by atoms with van der Waals surface area (Å²) in [6, 6.07) is 3.90. The summed E-state index contributed by atoms with van der Waals surface area (Å²) in [5.74, 6) is 1.30. The van der Waals surface area contributed by atoms with E-state index in [0.29, 0.717) is 0 Å². The van der Waals surface area contributed by atoms with Gasteiger partial charge < -0.3 is 9.32 Å². The minimum absolute atomic E-state index is 0.0908. The van der Waals surface area contributed by atoms with E-state index in [1.54, 1.807) is 6.26 Å². The standard InChI is InChI=1S/C17H24N4O2/c1-20(8-6-14-10-18-19-11-14)17(22)15-4-2-7-21(12-15)13-16-5-3-9-23-16/h3,5,9-11,15H,2,4,6-8,12-13H2,1H3,(H,18,19). The van der Waals surface area contributed by atoms with Crippen molar-refractivity contribution in [3.63, 3.8) is 0 Å². The number of aromatic nitrogens is 2. The number of likely N-dealkylation sites (tertiary alicyclic amines) is 1. The van der Waals surface area contributed by atoms with Gasteiger partial charge in [-0.15, -0.1) is 0 Å². The van der Waals surface area contributed by atoms with Crippen LogP contribution in [0, 0.1) is 5.92 Å². The molecular weight excluding hydrogens is 292 g/mol. The smallest absolute Gasteiger partial charge is 0.226 e. The van der Waals surface area contributed by atoms with Crippen LogP contribution in [0.2, 0.25) is 0 Å². The monoisotopic (exact) mass is 316 g/mol. The maximum Gasteiger partial charge on any atom is 0.226 e. The minimum atomic E-state index is 0.0908. The zero-order valence-corrected chi connectivity index (χ0v) is 13.6. The third kappa shape index (κ3) is 4.22. The predicted molar refractivity (Wildman–Crippen MR) is 86.6 cm³/mol. The van der Waals surface area contributed by atoms with Gasteiger partial charge in [0, 0.05) is 26.3 Å². The van der Waals surface area contributed by atoms with Gasteiger partial charge in [-0.1, -0.05) is 0 Å². The van der Waals surface area contributed by atoms with E-state index in [0.717, 1.165) is 56.8 Å². The van der Waals surface area contributed by atoms with Crippen LogP contribution in [0.1, 0.15) is 24.2 Å². The maximum absolute atomic E-state index is 12.7. The third-order valence-corrected chi connectivity index (χ3v) is 4.48. The Morgan fingerprint density at radius 2 is 2.48 bits per heavy atom. The van der Waals surface area contributed by atoms with E-state index >= 15 is 0 Å². The van der Waals surface area contributed by atoms with Crippen molar-refractivity contribution in [1.29, 1.82) is 0 Å². The van der Waals surface area contributed by atoms with E-state index in [1.807, 2.05) is 36.5 Å². The van der Waals surface area contributed by atoms with Gasteiger partial charge in [0.15, 0.2) is 0 Å². The third-order valence-electron chi connectivity index (χ3n) is 4.48. The van der Waals surface area contributed by atoms with E-state index in [9.17, 15) is 4.79 Å². The van der Waals surface area contributed by atoms with Crippen molar-refractivity contribution in [3.8, 4) is 0 Å². The number of hydrogen-bond donors (Lipinski definition) is 1. The molecule has 0 bridgehead atoms. The van der Waals surface area contributed by atoms with Gasteiger partial charge in [-0.05, 0) is 43.5 Å². The second-order valence-electron chi connectivity index (χ2n) is 6.27. The zero-order chi connectivity index (χ0) is 16.1. The van der Waals surface area contributed by atoms with Crippen LogP contribution in [0.15, 0.2) is 35.2 Å². The largest absolute Gasteiger partial charge is 0.468 e. The summed E-state index contributed by atoms with van der Waals surface area (Å²) < 4.78 is 5.41. The summed E-state index contributed by atoms with van der Waals surface area (Å²) in [7, 11) is 1.90. The summed E-state index contributed by atoms with van der Waals surface area (Å²) in [5, 5.41) is 6.74. The van der Waals surface area contributed by atoms with Crippen molar-refractivity contribution in [1.82, 2.24) is 20.0 Å². The fourth-order valence-corrected chi connectivity index (χ4v) is 3.16. The summed E-state index contributed by atoms with van der Waals surface area (Å²) in [6.07, 6.45) is 8.26. The molecule has 1 saturated heterocycles. The number of rotatable bonds is 6. The number of aromatic amines is 1. The molecule has 1 aliphatic rings. The van der Waals surface area contributed by atoms with E-state index in [4.69, 9.17) is 4.42 Å². The van der Waals surface area contributed by atoms with Crippen LogP contribution < -0.4 is 0 Å². The molecule has 1 unspecified atom stereocenters. The molecule has 1 amide bonds. The second-order valence-corrected chi connectivity index (χ2v) is 6.27. The molecular formula is C17H24N4O2. The normalized spacial score (nSPS) is 18.9. The van der Waals surface area contributed by atoms with Gasteiger partial charge in [-0.2, -0.15) is 5.10 Å². The van der Waals surface area contributed by atoms with E-state index in [-0.39, 0.29) is 11.8 Å². The lowest BCUT2D eigenvalue weighted by molar-refractivity contribution is -0.136. The van der Waals surface area contributed by atoms with E-state index < -0.39 is 0 Å². The highest BCUT2D eigenvalue weighted by Gasteiger charge is 2.28. The van der Waals surface area contributed by atoms with Crippen LogP contribution in [-0.4, -0.2) is 52.6 Å². The number of nitrogens with one attached hydrogen (secondary N) is 1. The van der Waals surface area contributed by atoms with Crippen LogP contribution in [0.4, 0.5) is 0 Å². The van der Waals surface area contributed by atoms with Crippen LogP contribution in [0.25, 0.3) is 0 Å². The molecule has 0 aromatic carbocycles. The first-order valence-electron chi connectivity index (χ1n) is 8.20. The van der Waals surface area contributed by atoms with Crippen molar-refractivity contribution in [2.24, 2.45) is 5.92 Å². The van der Waals surface area contributed by atoms with Crippen LogP contribution in [-0.2, 0) is 17.8 Å². The molecule has 0 radical (unpaired) electrons. The molecule has 0 aliphatic carbocycles. The quantitative estimate of drug-likeness (QED) is 0.884. The average molecular weight is 316 g/mol. The van der Waals surface area contributed by atoms with Gasteiger partial charge in [0.2, 0.25) is 5.91 Å². The fourth-order valence-electron chi connectivity index (χ4n) is 3.16. The summed E-state index contributed by atoms with van der Waals surface area (Å²) in [4.78, 5) is 16.8. The van der Waals surface area contributed by atoms with Crippen LogP contribution >= 0.6 is 0 Å². The van der Waals surface area contributed by atoms with E-state index in [2.05, 4.69) is 15.1 Å². The summed E-state index contributed by atoms with van der Waals surface area (Å²) >= 11 is 0. The number of nitrogens with zero attached hydrogens (tertiary/aromatic N) is 3. The Balaban J connectivity index is 1.49. The lowest BCUT2D eigenvalue weighted by atomic mass is 9.96. The average Bonchev–Trinajstić information content (AvgIpc) is 3.25. The van der Waals surface area contributed by atoms with Gasteiger partial charge in [0.1, 0.15) is 5.76 Å². The lowest BCUT2D eigenvalue weighted by Gasteiger charge is -2.33. The molecule has 2 aromatic rings. The Morgan fingerprint density at radius 3 is 3.22 bits per heavy atom. The number of carbonyl (C=O) groups excluding carboxylic acids is 1. The number of furan rings is 1. The lowest BCUT2D eigenvalue weighted by Crippen LogP contribution is -2.43. The number of H-pyrrole nitrogens is 1. The molecule has 6 heteroatoms. The van der Waals surface area contributed by atoms with Crippen LogP contribution in [0.3, 0.4) is 0 Å². The summed E-state index contributed by atoms with van der Waals surface area (Å²) in [6.45, 7) is 3.36. The Hall–Kier alpha value is -2.08.